The predicted molar refractivity (Wildman–Crippen MR) is 108 cm³/mol. The maximum absolute atomic E-state index is 6.28. The molecular formula is C21H25Cl2NO3. The van der Waals surface area contributed by atoms with Crippen molar-refractivity contribution in [2.75, 3.05) is 13.7 Å². The van der Waals surface area contributed by atoms with E-state index in [1.54, 1.807) is 19.5 Å². The molecule has 0 amide bonds. The van der Waals surface area contributed by atoms with Gasteiger partial charge in [0.1, 0.15) is 0 Å². The number of aromatic nitrogens is 1. The molecule has 146 valence electrons. The molecule has 1 heterocycles. The number of ether oxygens (including phenoxy) is 3. The number of halogens is 2. The predicted octanol–water partition coefficient (Wildman–Crippen LogP) is 5.89. The highest BCUT2D eigenvalue weighted by atomic mass is 35.5. The number of nitrogens with zero attached hydrogens (tertiary/aromatic N) is 1. The summed E-state index contributed by atoms with van der Waals surface area (Å²) in [5.41, 5.74) is 1.81. The first-order chi connectivity index (χ1) is 13.0. The zero-order valence-electron chi connectivity index (χ0n) is 15.9. The number of rotatable bonds is 9. The van der Waals surface area contributed by atoms with Crippen LogP contribution in [0.1, 0.15) is 43.9 Å². The van der Waals surface area contributed by atoms with Gasteiger partial charge in [0, 0.05) is 25.9 Å². The monoisotopic (exact) mass is 409 g/mol. The molecule has 1 unspecified atom stereocenters. The van der Waals surface area contributed by atoms with Crippen molar-refractivity contribution in [1.82, 2.24) is 4.98 Å². The lowest BCUT2D eigenvalue weighted by molar-refractivity contribution is 0.103. The summed E-state index contributed by atoms with van der Waals surface area (Å²) in [6.07, 6.45) is 6.08. The number of hydrogen-bond donors (Lipinski definition) is 0. The Morgan fingerprint density at radius 3 is 2.41 bits per heavy atom. The third-order valence-corrected chi connectivity index (χ3v) is 5.15. The average Bonchev–Trinajstić information content (AvgIpc) is 3.45. The Labute approximate surface area is 170 Å². The summed E-state index contributed by atoms with van der Waals surface area (Å²) in [6.45, 7) is 4.73. The van der Waals surface area contributed by atoms with Crippen LogP contribution in [0.5, 0.6) is 11.5 Å². The molecule has 0 aliphatic heterocycles. The van der Waals surface area contributed by atoms with Gasteiger partial charge >= 0.3 is 0 Å². The molecule has 2 aromatic rings. The molecule has 0 bridgehead atoms. The second-order valence-corrected chi connectivity index (χ2v) is 7.95. The van der Waals surface area contributed by atoms with E-state index >= 15 is 0 Å². The van der Waals surface area contributed by atoms with Gasteiger partial charge in [-0.05, 0) is 55.9 Å². The van der Waals surface area contributed by atoms with E-state index in [2.05, 4.69) is 4.98 Å². The summed E-state index contributed by atoms with van der Waals surface area (Å²) in [7, 11) is 1.68. The van der Waals surface area contributed by atoms with Crippen LogP contribution in [0, 0.1) is 5.92 Å². The second kappa shape index (κ2) is 9.13. The zero-order chi connectivity index (χ0) is 19.4. The van der Waals surface area contributed by atoms with E-state index in [4.69, 9.17) is 37.4 Å². The van der Waals surface area contributed by atoms with Crippen LogP contribution in [0.3, 0.4) is 0 Å². The normalized spacial score (nSPS) is 15.0. The van der Waals surface area contributed by atoms with Crippen LogP contribution >= 0.6 is 23.2 Å². The Morgan fingerprint density at radius 1 is 1.11 bits per heavy atom. The largest absolute Gasteiger partial charge is 0.489 e. The first-order valence-electron chi connectivity index (χ1n) is 9.22. The first kappa shape index (κ1) is 20.2. The molecule has 1 atom stereocenters. The van der Waals surface area contributed by atoms with E-state index in [1.807, 2.05) is 32.0 Å². The molecule has 1 fully saturated rings. The van der Waals surface area contributed by atoms with Crippen LogP contribution in [0.2, 0.25) is 10.0 Å². The zero-order valence-corrected chi connectivity index (χ0v) is 17.4. The highest BCUT2D eigenvalue weighted by Crippen LogP contribution is 2.37. The van der Waals surface area contributed by atoms with E-state index in [0.29, 0.717) is 22.4 Å². The second-order valence-electron chi connectivity index (χ2n) is 7.14. The molecular weight excluding hydrogens is 385 g/mol. The molecule has 27 heavy (non-hydrogen) atoms. The topological polar surface area (TPSA) is 40.6 Å². The van der Waals surface area contributed by atoms with Crippen LogP contribution < -0.4 is 9.47 Å². The Kier molecular flexibility index (Phi) is 6.85. The number of pyridine rings is 1. The van der Waals surface area contributed by atoms with E-state index in [0.717, 1.165) is 29.2 Å². The highest BCUT2D eigenvalue weighted by molar-refractivity contribution is 6.35. The fourth-order valence-corrected chi connectivity index (χ4v) is 3.36. The van der Waals surface area contributed by atoms with E-state index in [9.17, 15) is 0 Å². The molecule has 0 spiro atoms. The van der Waals surface area contributed by atoms with Crippen LogP contribution in [0.15, 0.2) is 30.6 Å². The summed E-state index contributed by atoms with van der Waals surface area (Å²) >= 11 is 12.6. The van der Waals surface area contributed by atoms with E-state index < -0.39 is 0 Å². The molecule has 1 aromatic heterocycles. The molecule has 0 radical (unpaired) electrons. The van der Waals surface area contributed by atoms with Gasteiger partial charge < -0.3 is 14.2 Å². The van der Waals surface area contributed by atoms with Gasteiger partial charge in [-0.3, -0.25) is 4.98 Å². The van der Waals surface area contributed by atoms with E-state index in [-0.39, 0.29) is 12.2 Å². The Bertz CT molecular complexity index is 758. The molecule has 4 nitrogen and oxygen atoms in total. The van der Waals surface area contributed by atoms with Crippen molar-refractivity contribution in [3.8, 4) is 11.5 Å². The SMILES string of the molecule is COC(Cc1c(Cl)cncc1Cl)c1ccc(OC(C)C)c(OCC2CC2)c1. The maximum Gasteiger partial charge on any atom is 0.161 e. The smallest absolute Gasteiger partial charge is 0.161 e. The molecule has 6 heteroatoms. The minimum Gasteiger partial charge on any atom is -0.489 e. The van der Waals surface area contributed by atoms with Crippen molar-refractivity contribution in [1.29, 1.82) is 0 Å². The van der Waals surface area contributed by atoms with Crippen LogP contribution in [-0.2, 0) is 11.2 Å². The Balaban J connectivity index is 1.84. The maximum atomic E-state index is 6.28. The first-order valence-corrected chi connectivity index (χ1v) is 9.97. The van der Waals surface area contributed by atoms with Crippen LogP contribution in [0.4, 0.5) is 0 Å². The molecule has 1 aromatic carbocycles. The minimum absolute atomic E-state index is 0.0757. The molecule has 0 N–H and O–H groups in total. The van der Waals surface area contributed by atoms with Gasteiger partial charge in [0.05, 0.1) is 28.9 Å². The summed E-state index contributed by atoms with van der Waals surface area (Å²) in [5, 5.41) is 1.07. The van der Waals surface area contributed by atoms with Gasteiger partial charge in [0.25, 0.3) is 0 Å². The van der Waals surface area contributed by atoms with Crippen molar-refractivity contribution in [2.24, 2.45) is 5.92 Å². The number of benzene rings is 1. The number of methoxy groups -OCH3 is 1. The van der Waals surface area contributed by atoms with Gasteiger partial charge in [0.2, 0.25) is 0 Å². The molecule has 1 aliphatic rings. The number of hydrogen-bond acceptors (Lipinski definition) is 4. The van der Waals surface area contributed by atoms with E-state index in [1.165, 1.54) is 12.8 Å². The summed E-state index contributed by atoms with van der Waals surface area (Å²) in [5.74, 6) is 2.17. The van der Waals surface area contributed by atoms with Gasteiger partial charge in [0.15, 0.2) is 11.5 Å². The van der Waals surface area contributed by atoms with Gasteiger partial charge in [-0.15, -0.1) is 0 Å². The summed E-state index contributed by atoms with van der Waals surface area (Å²) in [6, 6.07) is 5.94. The molecule has 1 aliphatic carbocycles. The molecule has 0 saturated heterocycles. The highest BCUT2D eigenvalue weighted by Gasteiger charge is 2.24. The Hall–Kier alpha value is -1.49. The lowest BCUT2D eigenvalue weighted by Gasteiger charge is -2.20. The minimum atomic E-state index is -0.209. The van der Waals surface area contributed by atoms with Crippen molar-refractivity contribution >= 4 is 23.2 Å². The molecule has 1 saturated carbocycles. The average molecular weight is 410 g/mol. The van der Waals surface area contributed by atoms with Gasteiger partial charge in [-0.1, -0.05) is 29.3 Å². The fraction of sp³-hybridized carbons (Fsp3) is 0.476. The van der Waals surface area contributed by atoms with Gasteiger partial charge in [-0.2, -0.15) is 0 Å². The van der Waals surface area contributed by atoms with Crippen molar-refractivity contribution in [3.05, 3.63) is 51.8 Å². The van der Waals surface area contributed by atoms with Crippen LogP contribution in [-0.4, -0.2) is 24.8 Å². The lowest BCUT2D eigenvalue weighted by Crippen LogP contribution is -2.11. The quantitative estimate of drug-likeness (QED) is 0.517. The van der Waals surface area contributed by atoms with Crippen LogP contribution in [0.25, 0.3) is 0 Å². The molecule has 3 rings (SSSR count). The fourth-order valence-electron chi connectivity index (χ4n) is 2.84. The van der Waals surface area contributed by atoms with Crippen molar-refractivity contribution in [2.45, 2.75) is 45.3 Å². The van der Waals surface area contributed by atoms with Crippen molar-refractivity contribution < 1.29 is 14.2 Å². The Morgan fingerprint density at radius 2 is 1.81 bits per heavy atom. The lowest BCUT2D eigenvalue weighted by atomic mass is 10.0. The third-order valence-electron chi connectivity index (χ3n) is 4.50. The standard InChI is InChI=1S/C21H25Cl2NO3/c1-13(2)27-19-7-6-15(8-21(19)26-12-14-4-5-14)20(25-3)9-16-17(22)10-24-11-18(16)23/h6-8,10-11,13-14,20H,4-5,9,12H2,1-3H3. The third kappa shape index (κ3) is 5.50. The van der Waals surface area contributed by atoms with Gasteiger partial charge in [-0.25, -0.2) is 0 Å². The van der Waals surface area contributed by atoms with Crippen molar-refractivity contribution in [3.63, 3.8) is 0 Å². The summed E-state index contributed by atoms with van der Waals surface area (Å²) in [4.78, 5) is 4.01. The summed E-state index contributed by atoms with van der Waals surface area (Å²) < 4.78 is 17.7.